The van der Waals surface area contributed by atoms with Gasteiger partial charge in [-0.25, -0.2) is 9.07 Å². The third-order valence-electron chi connectivity index (χ3n) is 4.72. The van der Waals surface area contributed by atoms with E-state index in [2.05, 4.69) is 10.4 Å². The van der Waals surface area contributed by atoms with Gasteiger partial charge in [0.05, 0.1) is 5.92 Å². The van der Waals surface area contributed by atoms with E-state index in [0.717, 1.165) is 30.5 Å². The molecule has 1 heterocycles. The maximum absolute atomic E-state index is 14.2. The molecular weight excluding hydrogens is 337 g/mol. The van der Waals surface area contributed by atoms with Crippen LogP contribution in [0.5, 0.6) is 0 Å². The first-order valence-corrected chi connectivity index (χ1v) is 8.89. The minimum atomic E-state index is -0.922. The Morgan fingerprint density at radius 3 is 2.81 bits per heavy atom. The minimum Gasteiger partial charge on any atom is -0.481 e. The van der Waals surface area contributed by atoms with Crippen LogP contribution in [0.3, 0.4) is 0 Å². The van der Waals surface area contributed by atoms with Crippen LogP contribution in [0, 0.1) is 11.7 Å². The molecule has 1 aliphatic carbocycles. The van der Waals surface area contributed by atoms with Gasteiger partial charge in [0.25, 0.3) is 5.91 Å². The van der Waals surface area contributed by atoms with E-state index in [0.29, 0.717) is 18.5 Å². The number of carboxylic acids is 1. The van der Waals surface area contributed by atoms with Gasteiger partial charge in [-0.05, 0) is 37.8 Å². The highest BCUT2D eigenvalue weighted by Crippen LogP contribution is 2.28. The van der Waals surface area contributed by atoms with Gasteiger partial charge in [-0.2, -0.15) is 5.10 Å². The predicted octanol–water partition coefficient (Wildman–Crippen LogP) is 2.73. The smallest absolute Gasteiger partial charge is 0.308 e. The van der Waals surface area contributed by atoms with Crippen molar-refractivity contribution >= 4 is 11.9 Å². The molecular formula is C19H22FN3O3. The van der Waals surface area contributed by atoms with Crippen LogP contribution in [0.4, 0.5) is 4.39 Å². The van der Waals surface area contributed by atoms with Crippen LogP contribution in [0.25, 0.3) is 5.69 Å². The Labute approximate surface area is 151 Å². The number of amides is 1. The molecule has 0 radical (unpaired) electrons. The number of halogens is 1. The highest BCUT2D eigenvalue weighted by molar-refractivity contribution is 5.94. The first kappa shape index (κ1) is 18.1. The quantitative estimate of drug-likeness (QED) is 0.796. The number of fused-ring (bicyclic) bond motifs is 1. The second-order valence-corrected chi connectivity index (χ2v) is 6.52. The normalized spacial score (nSPS) is 14.1. The van der Waals surface area contributed by atoms with Crippen LogP contribution in [-0.4, -0.2) is 33.3 Å². The fourth-order valence-corrected chi connectivity index (χ4v) is 3.40. The van der Waals surface area contributed by atoms with Crippen molar-refractivity contribution in [2.45, 2.75) is 39.0 Å². The average molecular weight is 359 g/mol. The number of rotatable bonds is 7. The standard InChI is InChI=1S/C19H22FN3O3/c1-2-6-12(19(25)26)11-21-18(24)17-13-7-5-10-15(13)23(22-17)16-9-4-3-8-14(16)20/h3-4,8-9,12H,2,5-7,10-11H2,1H3,(H,21,24)(H,25,26). The summed E-state index contributed by atoms with van der Waals surface area (Å²) < 4.78 is 15.7. The highest BCUT2D eigenvalue weighted by Gasteiger charge is 2.28. The lowest BCUT2D eigenvalue weighted by molar-refractivity contribution is -0.141. The Bertz CT molecular complexity index is 831. The molecule has 2 aromatic rings. The lowest BCUT2D eigenvalue weighted by Gasteiger charge is -2.12. The van der Waals surface area contributed by atoms with Gasteiger partial charge >= 0.3 is 5.97 Å². The number of aromatic nitrogens is 2. The number of hydrogen-bond acceptors (Lipinski definition) is 3. The van der Waals surface area contributed by atoms with Crippen molar-refractivity contribution in [2.24, 2.45) is 5.92 Å². The summed E-state index contributed by atoms with van der Waals surface area (Å²) in [4.78, 5) is 23.8. The second kappa shape index (κ2) is 7.68. The number of carbonyl (C=O) groups excluding carboxylic acids is 1. The van der Waals surface area contributed by atoms with E-state index in [1.54, 1.807) is 18.2 Å². The number of nitrogens with one attached hydrogen (secondary N) is 1. The molecule has 1 unspecified atom stereocenters. The summed E-state index contributed by atoms with van der Waals surface area (Å²) in [6, 6.07) is 6.32. The van der Waals surface area contributed by atoms with Gasteiger partial charge in [0.2, 0.25) is 0 Å². The van der Waals surface area contributed by atoms with E-state index >= 15 is 0 Å². The second-order valence-electron chi connectivity index (χ2n) is 6.52. The third-order valence-corrected chi connectivity index (χ3v) is 4.72. The molecule has 0 saturated heterocycles. The minimum absolute atomic E-state index is 0.0589. The molecule has 0 bridgehead atoms. The monoisotopic (exact) mass is 359 g/mol. The van der Waals surface area contributed by atoms with Gasteiger partial charge in [-0.1, -0.05) is 25.5 Å². The molecule has 7 heteroatoms. The molecule has 1 atom stereocenters. The molecule has 2 N–H and O–H groups in total. The van der Waals surface area contributed by atoms with Crippen LogP contribution in [0.2, 0.25) is 0 Å². The van der Waals surface area contributed by atoms with E-state index in [9.17, 15) is 19.1 Å². The number of carbonyl (C=O) groups is 2. The number of hydrogen-bond donors (Lipinski definition) is 2. The zero-order valence-corrected chi connectivity index (χ0v) is 14.7. The van der Waals surface area contributed by atoms with E-state index in [1.165, 1.54) is 10.7 Å². The van der Waals surface area contributed by atoms with Crippen LogP contribution in [0.1, 0.15) is 47.9 Å². The van der Waals surface area contributed by atoms with Crippen LogP contribution in [-0.2, 0) is 17.6 Å². The Balaban J connectivity index is 1.85. The summed E-state index contributed by atoms with van der Waals surface area (Å²) in [5.41, 5.74) is 2.26. The first-order chi connectivity index (χ1) is 12.5. The fourth-order valence-electron chi connectivity index (χ4n) is 3.40. The number of benzene rings is 1. The van der Waals surface area contributed by atoms with Crippen molar-refractivity contribution in [3.05, 3.63) is 47.0 Å². The Kier molecular flexibility index (Phi) is 5.35. The van der Waals surface area contributed by atoms with Crippen LogP contribution < -0.4 is 5.32 Å². The highest BCUT2D eigenvalue weighted by atomic mass is 19.1. The molecule has 1 aromatic carbocycles. The third kappa shape index (κ3) is 3.47. The zero-order valence-electron chi connectivity index (χ0n) is 14.7. The molecule has 6 nitrogen and oxygen atoms in total. The lowest BCUT2D eigenvalue weighted by atomic mass is 10.0. The molecule has 26 heavy (non-hydrogen) atoms. The van der Waals surface area contributed by atoms with E-state index in [-0.39, 0.29) is 12.2 Å². The largest absolute Gasteiger partial charge is 0.481 e. The summed E-state index contributed by atoms with van der Waals surface area (Å²) in [5, 5.41) is 16.2. The van der Waals surface area contributed by atoms with Gasteiger partial charge in [0, 0.05) is 17.8 Å². The molecule has 0 spiro atoms. The number of aliphatic carboxylic acids is 1. The predicted molar refractivity (Wildman–Crippen MR) is 93.9 cm³/mol. The van der Waals surface area contributed by atoms with Crippen LogP contribution in [0.15, 0.2) is 24.3 Å². The van der Waals surface area contributed by atoms with E-state index < -0.39 is 23.6 Å². The van der Waals surface area contributed by atoms with Crippen molar-refractivity contribution in [3.8, 4) is 5.69 Å². The summed E-state index contributed by atoms with van der Waals surface area (Å²) in [6.07, 6.45) is 3.55. The van der Waals surface area contributed by atoms with Crippen molar-refractivity contribution in [3.63, 3.8) is 0 Å². The molecule has 0 aliphatic heterocycles. The zero-order chi connectivity index (χ0) is 18.7. The van der Waals surface area contributed by atoms with Crippen molar-refractivity contribution in [1.29, 1.82) is 0 Å². The van der Waals surface area contributed by atoms with E-state index in [4.69, 9.17) is 0 Å². The van der Waals surface area contributed by atoms with Crippen LogP contribution >= 0.6 is 0 Å². The van der Waals surface area contributed by atoms with Crippen molar-refractivity contribution in [2.75, 3.05) is 6.54 Å². The molecule has 0 saturated carbocycles. The van der Waals surface area contributed by atoms with Crippen molar-refractivity contribution in [1.82, 2.24) is 15.1 Å². The molecule has 1 aromatic heterocycles. The summed E-state index contributed by atoms with van der Waals surface area (Å²) in [5.74, 6) is -2.34. The van der Waals surface area contributed by atoms with Gasteiger partial charge in [0.1, 0.15) is 11.5 Å². The number of nitrogens with zero attached hydrogens (tertiary/aromatic N) is 2. The van der Waals surface area contributed by atoms with Gasteiger partial charge in [0.15, 0.2) is 5.69 Å². The van der Waals surface area contributed by atoms with Gasteiger partial charge in [-0.15, -0.1) is 0 Å². The van der Waals surface area contributed by atoms with Gasteiger partial charge in [-0.3, -0.25) is 9.59 Å². The molecule has 138 valence electrons. The Morgan fingerprint density at radius 2 is 2.12 bits per heavy atom. The topological polar surface area (TPSA) is 84.2 Å². The fraction of sp³-hybridized carbons (Fsp3) is 0.421. The first-order valence-electron chi connectivity index (χ1n) is 8.89. The number of para-hydroxylation sites is 1. The van der Waals surface area contributed by atoms with E-state index in [1.807, 2.05) is 6.92 Å². The average Bonchev–Trinajstić information content (AvgIpc) is 3.21. The maximum atomic E-state index is 14.2. The maximum Gasteiger partial charge on any atom is 0.308 e. The lowest BCUT2D eigenvalue weighted by Crippen LogP contribution is -2.33. The molecule has 3 rings (SSSR count). The Morgan fingerprint density at radius 1 is 1.35 bits per heavy atom. The van der Waals surface area contributed by atoms with Crippen molar-refractivity contribution < 1.29 is 19.1 Å². The summed E-state index contributed by atoms with van der Waals surface area (Å²) in [7, 11) is 0. The SMILES string of the molecule is CCCC(CNC(=O)c1nn(-c2ccccc2F)c2c1CCC2)C(=O)O. The number of carboxylic acid groups (broad SMARTS) is 1. The molecule has 0 fully saturated rings. The Hall–Kier alpha value is -2.70. The molecule has 1 aliphatic rings. The van der Waals surface area contributed by atoms with Gasteiger partial charge < -0.3 is 10.4 Å². The summed E-state index contributed by atoms with van der Waals surface area (Å²) >= 11 is 0. The molecule has 1 amide bonds. The summed E-state index contributed by atoms with van der Waals surface area (Å²) in [6.45, 7) is 1.96.